The Hall–Kier alpha value is -1.72. The summed E-state index contributed by atoms with van der Waals surface area (Å²) >= 11 is 3.42. The van der Waals surface area contributed by atoms with Crippen LogP contribution in [-0.4, -0.2) is 47.4 Å². The van der Waals surface area contributed by atoms with E-state index >= 15 is 0 Å². The number of hydrogen-bond acceptors (Lipinski definition) is 3. The van der Waals surface area contributed by atoms with E-state index in [0.29, 0.717) is 6.42 Å². The molecule has 0 bridgehead atoms. The van der Waals surface area contributed by atoms with E-state index in [1.807, 2.05) is 36.2 Å². The summed E-state index contributed by atoms with van der Waals surface area (Å²) in [6.07, 6.45) is 6.37. The number of aromatic nitrogens is 1. The fourth-order valence-corrected chi connectivity index (χ4v) is 3.77. The van der Waals surface area contributed by atoms with Crippen molar-refractivity contribution in [1.82, 2.24) is 14.8 Å². The zero-order chi connectivity index (χ0) is 17.6. The normalized spacial score (nSPS) is 15.9. The molecule has 0 aliphatic carbocycles. The minimum absolute atomic E-state index is 0.0758. The number of carbonyl (C=O) groups excluding carboxylic acids is 1. The number of rotatable bonds is 6. The molecule has 1 aromatic carbocycles. The third-order valence-corrected chi connectivity index (χ3v) is 5.23. The minimum atomic E-state index is 0.0758. The molecule has 5 heteroatoms. The van der Waals surface area contributed by atoms with Crippen LogP contribution in [0.15, 0.2) is 53.3 Å². The van der Waals surface area contributed by atoms with Gasteiger partial charge in [0.1, 0.15) is 0 Å². The van der Waals surface area contributed by atoms with Crippen LogP contribution in [0.3, 0.4) is 0 Å². The average molecular weight is 402 g/mol. The highest BCUT2D eigenvalue weighted by atomic mass is 79.9. The molecule has 1 atom stereocenters. The summed E-state index contributed by atoms with van der Waals surface area (Å²) in [5, 5.41) is 0. The molecule has 2 heterocycles. The molecular formula is C20H24BrN3O. The van der Waals surface area contributed by atoms with Gasteiger partial charge < -0.3 is 9.80 Å². The Labute approximate surface area is 158 Å². The summed E-state index contributed by atoms with van der Waals surface area (Å²) in [5.74, 6) is 0.118. The van der Waals surface area contributed by atoms with Crippen molar-refractivity contribution in [2.45, 2.75) is 25.3 Å². The number of halogens is 1. The zero-order valence-electron chi connectivity index (χ0n) is 14.6. The molecule has 1 fully saturated rings. The van der Waals surface area contributed by atoms with Crippen LogP contribution in [0.2, 0.25) is 0 Å². The van der Waals surface area contributed by atoms with Crippen LogP contribution in [-0.2, 0) is 11.2 Å². The van der Waals surface area contributed by atoms with Gasteiger partial charge in [-0.3, -0.25) is 9.78 Å². The zero-order valence-corrected chi connectivity index (χ0v) is 16.2. The highest BCUT2D eigenvalue weighted by Crippen LogP contribution is 2.24. The first kappa shape index (κ1) is 18.1. The van der Waals surface area contributed by atoms with Gasteiger partial charge in [-0.25, -0.2) is 0 Å². The van der Waals surface area contributed by atoms with Gasteiger partial charge in [0.15, 0.2) is 0 Å². The van der Waals surface area contributed by atoms with Crippen molar-refractivity contribution in [1.29, 1.82) is 0 Å². The van der Waals surface area contributed by atoms with E-state index in [-0.39, 0.29) is 11.9 Å². The SMILES string of the molecule is CN(C(=O)Cc1cncc(Br)c1)C(CN1CCCC1)c1ccccc1. The number of benzene rings is 1. The van der Waals surface area contributed by atoms with Gasteiger partial charge in [-0.2, -0.15) is 0 Å². The van der Waals surface area contributed by atoms with E-state index in [9.17, 15) is 4.79 Å². The van der Waals surface area contributed by atoms with Crippen LogP contribution in [0, 0.1) is 0 Å². The highest BCUT2D eigenvalue weighted by molar-refractivity contribution is 9.10. The van der Waals surface area contributed by atoms with Crippen molar-refractivity contribution >= 4 is 21.8 Å². The lowest BCUT2D eigenvalue weighted by Crippen LogP contribution is -2.39. The quantitative estimate of drug-likeness (QED) is 0.740. The summed E-state index contributed by atoms with van der Waals surface area (Å²) in [6.45, 7) is 3.14. The first-order valence-corrected chi connectivity index (χ1v) is 9.55. The molecule has 0 spiro atoms. The lowest BCUT2D eigenvalue weighted by atomic mass is 10.0. The largest absolute Gasteiger partial charge is 0.337 e. The maximum atomic E-state index is 12.9. The molecule has 1 amide bonds. The molecule has 1 aromatic heterocycles. The standard InChI is InChI=1S/C20H24BrN3O/c1-23(20(25)12-16-11-18(21)14-22-13-16)19(15-24-9-5-6-10-24)17-7-3-2-4-8-17/h2-4,7-8,11,13-14,19H,5-6,9-10,12,15H2,1H3. The Morgan fingerprint density at radius 3 is 2.64 bits per heavy atom. The molecular weight excluding hydrogens is 378 g/mol. The maximum Gasteiger partial charge on any atom is 0.227 e. The Morgan fingerprint density at radius 1 is 1.24 bits per heavy atom. The van der Waals surface area contributed by atoms with Crippen LogP contribution in [0.4, 0.5) is 0 Å². The van der Waals surface area contributed by atoms with Gasteiger partial charge in [0.2, 0.25) is 5.91 Å². The molecule has 132 valence electrons. The lowest BCUT2D eigenvalue weighted by Gasteiger charge is -2.32. The van der Waals surface area contributed by atoms with Crippen LogP contribution in [0.25, 0.3) is 0 Å². The molecule has 4 nitrogen and oxygen atoms in total. The predicted molar refractivity (Wildman–Crippen MR) is 103 cm³/mol. The molecule has 25 heavy (non-hydrogen) atoms. The third kappa shape index (κ3) is 4.89. The van der Waals surface area contributed by atoms with E-state index < -0.39 is 0 Å². The maximum absolute atomic E-state index is 12.9. The van der Waals surface area contributed by atoms with E-state index in [1.54, 1.807) is 12.4 Å². The second-order valence-electron chi connectivity index (χ2n) is 6.63. The van der Waals surface area contributed by atoms with E-state index in [4.69, 9.17) is 0 Å². The smallest absolute Gasteiger partial charge is 0.227 e. The van der Waals surface area contributed by atoms with Crippen LogP contribution < -0.4 is 0 Å². The van der Waals surface area contributed by atoms with Crippen molar-refractivity contribution in [2.75, 3.05) is 26.7 Å². The summed E-state index contributed by atoms with van der Waals surface area (Å²) in [7, 11) is 1.92. The van der Waals surface area contributed by atoms with E-state index in [1.165, 1.54) is 18.4 Å². The second-order valence-corrected chi connectivity index (χ2v) is 7.54. The summed E-state index contributed by atoms with van der Waals surface area (Å²) in [6, 6.07) is 12.4. The molecule has 1 saturated heterocycles. The van der Waals surface area contributed by atoms with Gasteiger partial charge in [-0.15, -0.1) is 0 Å². The minimum Gasteiger partial charge on any atom is -0.337 e. The summed E-state index contributed by atoms with van der Waals surface area (Å²) < 4.78 is 0.900. The van der Waals surface area contributed by atoms with Crippen LogP contribution in [0.5, 0.6) is 0 Å². The van der Waals surface area contributed by atoms with E-state index in [2.05, 4.69) is 37.9 Å². The first-order chi connectivity index (χ1) is 12.1. The van der Waals surface area contributed by atoms with Gasteiger partial charge in [0, 0.05) is 30.5 Å². The Balaban J connectivity index is 1.75. The van der Waals surface area contributed by atoms with Crippen molar-refractivity contribution < 1.29 is 4.79 Å². The van der Waals surface area contributed by atoms with Gasteiger partial charge in [-0.1, -0.05) is 30.3 Å². The molecule has 0 saturated carbocycles. The molecule has 2 aromatic rings. The van der Waals surface area contributed by atoms with E-state index in [0.717, 1.165) is 29.7 Å². The molecule has 0 radical (unpaired) electrons. The van der Waals surface area contributed by atoms with Crippen molar-refractivity contribution in [3.63, 3.8) is 0 Å². The van der Waals surface area contributed by atoms with Gasteiger partial charge >= 0.3 is 0 Å². The highest BCUT2D eigenvalue weighted by Gasteiger charge is 2.25. The second kappa shape index (κ2) is 8.59. The molecule has 0 N–H and O–H groups in total. The number of likely N-dealkylation sites (tertiary alicyclic amines) is 1. The fourth-order valence-electron chi connectivity index (χ4n) is 3.36. The van der Waals surface area contributed by atoms with Crippen molar-refractivity contribution in [3.05, 3.63) is 64.4 Å². The monoisotopic (exact) mass is 401 g/mol. The number of amides is 1. The van der Waals surface area contributed by atoms with Crippen molar-refractivity contribution in [3.8, 4) is 0 Å². The number of pyridine rings is 1. The third-order valence-electron chi connectivity index (χ3n) is 4.79. The van der Waals surface area contributed by atoms with Gasteiger partial charge in [0.25, 0.3) is 0 Å². The number of hydrogen-bond donors (Lipinski definition) is 0. The average Bonchev–Trinajstić information content (AvgIpc) is 3.13. The molecule has 1 aliphatic heterocycles. The lowest BCUT2D eigenvalue weighted by molar-refractivity contribution is -0.131. The summed E-state index contributed by atoms with van der Waals surface area (Å²) in [4.78, 5) is 21.4. The first-order valence-electron chi connectivity index (χ1n) is 8.76. The molecule has 1 aliphatic rings. The van der Waals surface area contributed by atoms with Gasteiger partial charge in [-0.05, 0) is 59.1 Å². The topological polar surface area (TPSA) is 36.4 Å². The molecule has 3 rings (SSSR count). The number of carbonyl (C=O) groups is 1. The molecule has 1 unspecified atom stereocenters. The van der Waals surface area contributed by atoms with Crippen LogP contribution in [0.1, 0.15) is 30.0 Å². The van der Waals surface area contributed by atoms with Crippen LogP contribution >= 0.6 is 15.9 Å². The predicted octanol–water partition coefficient (Wildman–Crippen LogP) is 3.68. The Kier molecular flexibility index (Phi) is 6.21. The Bertz CT molecular complexity index is 701. The van der Waals surface area contributed by atoms with Gasteiger partial charge in [0.05, 0.1) is 12.5 Å². The summed E-state index contributed by atoms with van der Waals surface area (Å²) in [5.41, 5.74) is 2.12. The Morgan fingerprint density at radius 2 is 1.96 bits per heavy atom. The fraction of sp³-hybridized carbons (Fsp3) is 0.400. The van der Waals surface area contributed by atoms with Crippen molar-refractivity contribution in [2.24, 2.45) is 0 Å². The number of nitrogens with zero attached hydrogens (tertiary/aromatic N) is 3. The number of likely N-dealkylation sites (N-methyl/N-ethyl adjacent to an activating group) is 1.